The number of rotatable bonds is 2. The van der Waals surface area contributed by atoms with E-state index in [2.05, 4.69) is 10.1 Å². The molecule has 21 heavy (non-hydrogen) atoms. The third kappa shape index (κ3) is 2.31. The highest BCUT2D eigenvalue weighted by Crippen LogP contribution is 2.38. The number of nitrogens with zero attached hydrogens (tertiary/aromatic N) is 3. The normalized spacial score (nSPS) is 11.8. The fourth-order valence-electron chi connectivity index (χ4n) is 2.15. The van der Waals surface area contributed by atoms with Gasteiger partial charge in [0.1, 0.15) is 12.1 Å². The molecule has 0 aliphatic rings. The molecule has 3 rings (SSSR count). The van der Waals surface area contributed by atoms with Gasteiger partial charge in [0.15, 0.2) is 5.65 Å². The Morgan fingerprint density at radius 3 is 2.67 bits per heavy atom. The van der Waals surface area contributed by atoms with Crippen LogP contribution in [0.4, 0.5) is 13.2 Å². The van der Waals surface area contributed by atoms with E-state index in [1.54, 1.807) is 18.3 Å². The highest BCUT2D eigenvalue weighted by Gasteiger charge is 2.31. The first-order valence-corrected chi connectivity index (χ1v) is 6.04. The summed E-state index contributed by atoms with van der Waals surface area (Å²) in [6.45, 7) is 0. The SMILES string of the molecule is COc1ccc(C(F)(F)F)cc1-c1cccn2ncnc12. The van der Waals surface area contributed by atoms with E-state index in [9.17, 15) is 13.2 Å². The molecule has 0 bridgehead atoms. The van der Waals surface area contributed by atoms with Crippen molar-refractivity contribution >= 4 is 5.65 Å². The molecule has 7 heteroatoms. The van der Waals surface area contributed by atoms with Gasteiger partial charge in [0.05, 0.1) is 12.7 Å². The number of fused-ring (bicyclic) bond motifs is 1. The van der Waals surface area contributed by atoms with Crippen molar-refractivity contribution in [3.05, 3.63) is 48.4 Å². The number of hydrogen-bond acceptors (Lipinski definition) is 3. The van der Waals surface area contributed by atoms with Crippen LogP contribution in [0, 0.1) is 0 Å². The van der Waals surface area contributed by atoms with Gasteiger partial charge in [-0.15, -0.1) is 0 Å². The van der Waals surface area contributed by atoms with Crippen LogP contribution in [0.2, 0.25) is 0 Å². The summed E-state index contributed by atoms with van der Waals surface area (Å²) >= 11 is 0. The summed E-state index contributed by atoms with van der Waals surface area (Å²) in [6.07, 6.45) is -1.40. The zero-order valence-electron chi connectivity index (χ0n) is 10.9. The highest BCUT2D eigenvalue weighted by molar-refractivity contribution is 5.81. The second kappa shape index (κ2) is 4.76. The van der Waals surface area contributed by atoms with Crippen LogP contribution in [0.1, 0.15) is 5.56 Å². The third-order valence-electron chi connectivity index (χ3n) is 3.12. The topological polar surface area (TPSA) is 39.4 Å². The summed E-state index contributed by atoms with van der Waals surface area (Å²) in [5, 5.41) is 3.97. The van der Waals surface area contributed by atoms with Crippen molar-refractivity contribution < 1.29 is 17.9 Å². The summed E-state index contributed by atoms with van der Waals surface area (Å²) in [5.41, 5.74) is 0.582. The predicted octanol–water partition coefficient (Wildman–Crippen LogP) is 3.42. The van der Waals surface area contributed by atoms with E-state index >= 15 is 0 Å². The monoisotopic (exact) mass is 293 g/mol. The minimum Gasteiger partial charge on any atom is -0.496 e. The molecule has 108 valence electrons. The van der Waals surface area contributed by atoms with Crippen molar-refractivity contribution in [1.29, 1.82) is 0 Å². The average molecular weight is 293 g/mol. The summed E-state index contributed by atoms with van der Waals surface area (Å²) in [7, 11) is 1.41. The van der Waals surface area contributed by atoms with Crippen LogP contribution in [0.5, 0.6) is 5.75 Å². The predicted molar refractivity (Wildman–Crippen MR) is 70.0 cm³/mol. The Labute approximate surface area is 117 Å². The molecule has 0 amide bonds. The van der Waals surface area contributed by atoms with Crippen LogP contribution in [0.15, 0.2) is 42.9 Å². The van der Waals surface area contributed by atoms with E-state index in [-0.39, 0.29) is 0 Å². The summed E-state index contributed by atoms with van der Waals surface area (Å²) < 4.78 is 45.4. The van der Waals surface area contributed by atoms with Gasteiger partial charge in [-0.2, -0.15) is 18.3 Å². The maximum atomic E-state index is 12.9. The van der Waals surface area contributed by atoms with Crippen LogP contribution in [0.3, 0.4) is 0 Å². The van der Waals surface area contributed by atoms with E-state index in [0.717, 1.165) is 12.1 Å². The molecule has 0 unspecified atom stereocenters. The number of aromatic nitrogens is 3. The minimum atomic E-state index is -4.42. The van der Waals surface area contributed by atoms with E-state index in [4.69, 9.17) is 4.74 Å². The smallest absolute Gasteiger partial charge is 0.416 e. The number of alkyl halides is 3. The number of halogens is 3. The van der Waals surface area contributed by atoms with Crippen LogP contribution in [0.25, 0.3) is 16.8 Å². The first-order chi connectivity index (χ1) is 10.0. The van der Waals surface area contributed by atoms with E-state index in [1.165, 1.54) is 24.0 Å². The Kier molecular flexibility index (Phi) is 3.04. The minimum absolute atomic E-state index is 0.325. The highest BCUT2D eigenvalue weighted by atomic mass is 19.4. The number of methoxy groups -OCH3 is 1. The molecule has 4 nitrogen and oxygen atoms in total. The Bertz CT molecular complexity index is 796. The molecular formula is C14H10F3N3O. The molecule has 0 radical (unpaired) electrons. The second-order valence-corrected chi connectivity index (χ2v) is 4.36. The summed E-state index contributed by atoms with van der Waals surface area (Å²) in [5.74, 6) is 0.346. The van der Waals surface area contributed by atoms with Crippen molar-refractivity contribution in [2.24, 2.45) is 0 Å². The van der Waals surface area contributed by atoms with Crippen molar-refractivity contribution in [2.45, 2.75) is 6.18 Å². The van der Waals surface area contributed by atoms with Gasteiger partial charge >= 0.3 is 6.18 Å². The van der Waals surface area contributed by atoms with Gasteiger partial charge in [-0.3, -0.25) is 0 Å². The lowest BCUT2D eigenvalue weighted by molar-refractivity contribution is -0.137. The molecule has 2 aromatic heterocycles. The summed E-state index contributed by atoms with van der Waals surface area (Å²) in [4.78, 5) is 4.08. The van der Waals surface area contributed by atoms with Gasteiger partial charge in [0.2, 0.25) is 0 Å². The lowest BCUT2D eigenvalue weighted by atomic mass is 10.0. The second-order valence-electron chi connectivity index (χ2n) is 4.36. The standard InChI is InChI=1S/C14H10F3N3O/c1-21-12-5-4-9(14(15,16)17)7-11(12)10-3-2-6-20-13(10)18-8-19-20/h2-8H,1H3. The molecule has 0 spiro atoms. The zero-order valence-corrected chi connectivity index (χ0v) is 10.9. The van der Waals surface area contributed by atoms with Crippen LogP contribution >= 0.6 is 0 Å². The fourth-order valence-corrected chi connectivity index (χ4v) is 2.15. The van der Waals surface area contributed by atoms with E-state index in [1.807, 2.05) is 0 Å². The Balaban J connectivity index is 2.27. The molecule has 0 atom stereocenters. The molecule has 0 aliphatic carbocycles. The number of hydrogen-bond donors (Lipinski definition) is 0. The van der Waals surface area contributed by atoms with Gasteiger partial charge in [-0.1, -0.05) is 0 Å². The number of ether oxygens (including phenoxy) is 1. The average Bonchev–Trinajstić information content (AvgIpc) is 2.94. The molecule has 0 saturated carbocycles. The first kappa shape index (κ1) is 13.4. The van der Waals surface area contributed by atoms with E-state index in [0.29, 0.717) is 22.5 Å². The van der Waals surface area contributed by atoms with Gasteiger partial charge in [-0.05, 0) is 30.3 Å². The number of pyridine rings is 1. The third-order valence-corrected chi connectivity index (χ3v) is 3.12. The van der Waals surface area contributed by atoms with Gasteiger partial charge in [0, 0.05) is 17.3 Å². The van der Waals surface area contributed by atoms with Crippen LogP contribution < -0.4 is 4.74 Å². The van der Waals surface area contributed by atoms with Gasteiger partial charge < -0.3 is 4.74 Å². The van der Waals surface area contributed by atoms with Gasteiger partial charge in [0.25, 0.3) is 0 Å². The Morgan fingerprint density at radius 2 is 1.95 bits per heavy atom. The molecule has 0 fully saturated rings. The first-order valence-electron chi connectivity index (χ1n) is 6.04. The fraction of sp³-hybridized carbons (Fsp3) is 0.143. The molecule has 0 aliphatic heterocycles. The van der Waals surface area contributed by atoms with Crippen LogP contribution in [-0.2, 0) is 6.18 Å². The van der Waals surface area contributed by atoms with Crippen molar-refractivity contribution in [2.75, 3.05) is 7.11 Å². The molecule has 0 saturated heterocycles. The molecule has 1 aromatic carbocycles. The zero-order chi connectivity index (χ0) is 15.0. The van der Waals surface area contributed by atoms with Crippen molar-refractivity contribution in [3.63, 3.8) is 0 Å². The van der Waals surface area contributed by atoms with E-state index < -0.39 is 11.7 Å². The maximum absolute atomic E-state index is 12.9. The molecule has 3 aromatic rings. The number of benzene rings is 1. The van der Waals surface area contributed by atoms with Crippen LogP contribution in [-0.4, -0.2) is 21.7 Å². The lowest BCUT2D eigenvalue weighted by Gasteiger charge is -2.13. The largest absolute Gasteiger partial charge is 0.496 e. The lowest BCUT2D eigenvalue weighted by Crippen LogP contribution is -2.05. The molecule has 0 N–H and O–H groups in total. The van der Waals surface area contributed by atoms with Crippen molar-refractivity contribution in [3.8, 4) is 16.9 Å². The molecule has 2 heterocycles. The van der Waals surface area contributed by atoms with Crippen molar-refractivity contribution in [1.82, 2.24) is 14.6 Å². The Morgan fingerprint density at radius 1 is 1.14 bits per heavy atom. The van der Waals surface area contributed by atoms with Gasteiger partial charge in [-0.25, -0.2) is 9.50 Å². The maximum Gasteiger partial charge on any atom is 0.416 e. The Hall–Kier alpha value is -2.57. The molecular weight excluding hydrogens is 283 g/mol. The quantitative estimate of drug-likeness (QED) is 0.726. The summed E-state index contributed by atoms with van der Waals surface area (Å²) in [6, 6.07) is 6.73.